The van der Waals surface area contributed by atoms with Gasteiger partial charge in [0.25, 0.3) is 0 Å². The number of unbranched alkanes of at least 4 members (excludes halogenated alkanes) is 3. The number of nitrogens with one attached hydrogen (secondary N) is 1. The van der Waals surface area contributed by atoms with Crippen LogP contribution in [0, 0.1) is 0 Å². The number of hydrogen-bond donors (Lipinski definition) is 1. The topological polar surface area (TPSA) is 12.0 Å². The van der Waals surface area contributed by atoms with Crippen LogP contribution in [0.4, 0.5) is 0 Å². The molecule has 0 aliphatic rings. The van der Waals surface area contributed by atoms with E-state index in [2.05, 4.69) is 66.3 Å². The largest absolute Gasteiger partial charge is 0.308 e. The molecular weight excluding hydrogens is 286 g/mol. The Hall–Kier alpha value is -0.340. The first-order chi connectivity index (χ1) is 8.63. The number of rotatable bonds is 8. The van der Waals surface area contributed by atoms with E-state index < -0.39 is 0 Å². The monoisotopic (exact) mass is 311 g/mol. The van der Waals surface area contributed by atoms with Crippen molar-refractivity contribution in [2.75, 3.05) is 0 Å². The first-order valence-electron chi connectivity index (χ1n) is 7.15. The Labute approximate surface area is 120 Å². The lowest BCUT2D eigenvalue weighted by Gasteiger charge is -2.20. The molecule has 0 aromatic heterocycles. The van der Waals surface area contributed by atoms with Crippen molar-refractivity contribution in [2.24, 2.45) is 0 Å². The van der Waals surface area contributed by atoms with Gasteiger partial charge in [-0.1, -0.05) is 60.7 Å². The summed E-state index contributed by atoms with van der Waals surface area (Å²) >= 11 is 3.47. The molecule has 102 valence electrons. The smallest absolute Gasteiger partial charge is 0.0294 e. The van der Waals surface area contributed by atoms with Crippen LogP contribution in [0.3, 0.4) is 0 Å². The van der Waals surface area contributed by atoms with Gasteiger partial charge in [-0.3, -0.25) is 0 Å². The fourth-order valence-electron chi connectivity index (χ4n) is 2.24. The van der Waals surface area contributed by atoms with E-state index in [-0.39, 0.29) is 0 Å². The van der Waals surface area contributed by atoms with Gasteiger partial charge in [0, 0.05) is 16.6 Å². The van der Waals surface area contributed by atoms with Crippen molar-refractivity contribution in [2.45, 2.75) is 65.0 Å². The molecule has 0 amide bonds. The van der Waals surface area contributed by atoms with Gasteiger partial charge < -0.3 is 5.32 Å². The van der Waals surface area contributed by atoms with Crippen LogP contribution in [0.25, 0.3) is 0 Å². The van der Waals surface area contributed by atoms with Gasteiger partial charge >= 0.3 is 0 Å². The zero-order chi connectivity index (χ0) is 13.4. The lowest BCUT2D eigenvalue weighted by molar-refractivity contribution is 0.438. The molecule has 2 unspecified atom stereocenters. The highest BCUT2D eigenvalue weighted by molar-refractivity contribution is 9.10. The summed E-state index contributed by atoms with van der Waals surface area (Å²) in [7, 11) is 0. The third-order valence-electron chi connectivity index (χ3n) is 3.40. The Morgan fingerprint density at radius 1 is 1.06 bits per heavy atom. The second-order valence-corrected chi connectivity index (χ2v) is 6.11. The van der Waals surface area contributed by atoms with Gasteiger partial charge in [-0.2, -0.15) is 0 Å². The van der Waals surface area contributed by atoms with Gasteiger partial charge in [-0.15, -0.1) is 0 Å². The minimum Gasteiger partial charge on any atom is -0.308 e. The van der Waals surface area contributed by atoms with E-state index in [0.29, 0.717) is 12.1 Å². The third-order valence-corrected chi connectivity index (χ3v) is 3.92. The molecule has 18 heavy (non-hydrogen) atoms. The standard InChI is InChI=1S/C16H26BrN/c1-4-5-6-7-8-13(2)18-14(3)15-9-11-16(17)12-10-15/h9-14,18H,4-8H2,1-3H3. The summed E-state index contributed by atoms with van der Waals surface area (Å²) in [6.45, 7) is 6.80. The fourth-order valence-corrected chi connectivity index (χ4v) is 2.50. The maximum atomic E-state index is 3.68. The molecule has 1 rings (SSSR count). The summed E-state index contributed by atoms with van der Waals surface area (Å²) in [6, 6.07) is 9.62. The first-order valence-corrected chi connectivity index (χ1v) is 7.94. The summed E-state index contributed by atoms with van der Waals surface area (Å²) < 4.78 is 1.14. The number of benzene rings is 1. The van der Waals surface area contributed by atoms with E-state index in [0.717, 1.165) is 4.47 Å². The van der Waals surface area contributed by atoms with Crippen LogP contribution in [0.5, 0.6) is 0 Å². The fraction of sp³-hybridized carbons (Fsp3) is 0.625. The molecule has 0 saturated carbocycles. The van der Waals surface area contributed by atoms with Crippen LogP contribution in [0.15, 0.2) is 28.7 Å². The third kappa shape index (κ3) is 6.01. The zero-order valence-corrected chi connectivity index (χ0v) is 13.5. The average Bonchev–Trinajstić information content (AvgIpc) is 2.35. The first kappa shape index (κ1) is 15.7. The van der Waals surface area contributed by atoms with Crippen LogP contribution in [0.1, 0.15) is 64.5 Å². The van der Waals surface area contributed by atoms with Crippen molar-refractivity contribution in [3.05, 3.63) is 34.3 Å². The van der Waals surface area contributed by atoms with E-state index >= 15 is 0 Å². The van der Waals surface area contributed by atoms with Crippen LogP contribution in [0.2, 0.25) is 0 Å². The Kier molecular flexibility index (Phi) is 7.60. The van der Waals surface area contributed by atoms with Crippen LogP contribution in [-0.4, -0.2) is 6.04 Å². The number of halogens is 1. The van der Waals surface area contributed by atoms with E-state index in [9.17, 15) is 0 Å². The molecule has 0 fully saturated rings. The molecule has 1 nitrogen and oxygen atoms in total. The van der Waals surface area contributed by atoms with Crippen molar-refractivity contribution in [1.82, 2.24) is 5.32 Å². The lowest BCUT2D eigenvalue weighted by Crippen LogP contribution is -2.28. The quantitative estimate of drug-likeness (QED) is 0.629. The molecule has 0 saturated heterocycles. The van der Waals surface area contributed by atoms with E-state index in [1.54, 1.807) is 0 Å². The summed E-state index contributed by atoms with van der Waals surface area (Å²) in [6.07, 6.45) is 6.68. The van der Waals surface area contributed by atoms with E-state index in [1.807, 2.05) is 0 Å². The van der Waals surface area contributed by atoms with Gasteiger partial charge in [0.05, 0.1) is 0 Å². The summed E-state index contributed by atoms with van der Waals surface area (Å²) in [5.74, 6) is 0. The summed E-state index contributed by atoms with van der Waals surface area (Å²) in [4.78, 5) is 0. The van der Waals surface area contributed by atoms with E-state index in [4.69, 9.17) is 0 Å². The Morgan fingerprint density at radius 3 is 2.33 bits per heavy atom. The molecule has 0 bridgehead atoms. The minimum atomic E-state index is 0.430. The van der Waals surface area contributed by atoms with Gasteiger partial charge in [0.2, 0.25) is 0 Å². The predicted molar refractivity (Wildman–Crippen MR) is 83.9 cm³/mol. The van der Waals surface area contributed by atoms with Crippen molar-refractivity contribution in [3.63, 3.8) is 0 Å². The molecule has 0 spiro atoms. The average molecular weight is 312 g/mol. The SMILES string of the molecule is CCCCCCC(C)NC(C)c1ccc(Br)cc1. The summed E-state index contributed by atoms with van der Waals surface area (Å²) in [5, 5.41) is 3.68. The zero-order valence-electron chi connectivity index (χ0n) is 11.9. The minimum absolute atomic E-state index is 0.430. The number of hydrogen-bond acceptors (Lipinski definition) is 1. The molecule has 1 aromatic rings. The highest BCUT2D eigenvalue weighted by Crippen LogP contribution is 2.17. The molecule has 1 N–H and O–H groups in total. The molecule has 0 heterocycles. The van der Waals surface area contributed by atoms with Crippen LogP contribution in [-0.2, 0) is 0 Å². The highest BCUT2D eigenvalue weighted by atomic mass is 79.9. The summed E-state index contributed by atoms with van der Waals surface area (Å²) in [5.41, 5.74) is 1.36. The normalized spacial score (nSPS) is 14.4. The predicted octanol–water partition coefficient (Wildman–Crippen LogP) is 5.46. The maximum Gasteiger partial charge on any atom is 0.0294 e. The van der Waals surface area contributed by atoms with Gasteiger partial charge in [-0.05, 0) is 38.0 Å². The van der Waals surface area contributed by atoms with Crippen molar-refractivity contribution >= 4 is 15.9 Å². The van der Waals surface area contributed by atoms with Gasteiger partial charge in [0.15, 0.2) is 0 Å². The lowest BCUT2D eigenvalue weighted by atomic mass is 10.0. The molecule has 1 aromatic carbocycles. The van der Waals surface area contributed by atoms with Crippen LogP contribution < -0.4 is 5.32 Å². The van der Waals surface area contributed by atoms with Gasteiger partial charge in [-0.25, -0.2) is 0 Å². The Balaban J connectivity index is 2.30. The van der Waals surface area contributed by atoms with E-state index in [1.165, 1.54) is 37.7 Å². The molecule has 2 atom stereocenters. The second-order valence-electron chi connectivity index (χ2n) is 5.19. The molecule has 0 radical (unpaired) electrons. The van der Waals surface area contributed by atoms with Crippen molar-refractivity contribution in [3.8, 4) is 0 Å². The highest BCUT2D eigenvalue weighted by Gasteiger charge is 2.08. The van der Waals surface area contributed by atoms with Crippen molar-refractivity contribution in [1.29, 1.82) is 0 Å². The van der Waals surface area contributed by atoms with Crippen LogP contribution >= 0.6 is 15.9 Å². The molecule has 0 aliphatic heterocycles. The molecule has 0 aliphatic carbocycles. The molecular formula is C16H26BrN. The Bertz CT molecular complexity index is 320. The van der Waals surface area contributed by atoms with Crippen molar-refractivity contribution < 1.29 is 0 Å². The van der Waals surface area contributed by atoms with Gasteiger partial charge in [0.1, 0.15) is 0 Å². The second kappa shape index (κ2) is 8.71. The Morgan fingerprint density at radius 2 is 1.72 bits per heavy atom. The molecule has 2 heteroatoms. The maximum absolute atomic E-state index is 3.68.